The van der Waals surface area contributed by atoms with Crippen molar-refractivity contribution in [3.8, 4) is 5.75 Å². The molecule has 13 atom stereocenters. The van der Waals surface area contributed by atoms with Crippen LogP contribution in [0.1, 0.15) is 81.5 Å². The number of carbonyl (C=O) groups excluding carboxylic acids is 12. The first-order chi connectivity index (χ1) is 50.4. The Balaban J connectivity index is 1.37. The number of aromatic amines is 2. The number of hydrogen-bond acceptors (Lipinski definition) is 23. The summed E-state index contributed by atoms with van der Waals surface area (Å²) in [5.74, 6) is -19.3. The predicted molar refractivity (Wildman–Crippen MR) is 360 cm³/mol. The molecule has 2 aliphatic heterocycles. The molecule has 3 aromatic carbocycles. The van der Waals surface area contributed by atoms with E-state index >= 15 is 9.59 Å². The first-order valence-corrected chi connectivity index (χ1v) is 32.7. The average Bonchev–Trinajstić information content (AvgIpc) is 1.51. The number of rotatable bonds is 23. The number of esters is 1. The van der Waals surface area contributed by atoms with E-state index in [1.54, 1.807) is 48.5 Å². The molecule has 0 aliphatic carbocycles. The fraction of sp³-hybridized carbons (Fsp3) is 0.394. The number of carbonyl (C=O) groups is 16. The van der Waals surface area contributed by atoms with Crippen LogP contribution >= 0.6 is 0 Å². The third kappa shape index (κ3) is 22.8. The van der Waals surface area contributed by atoms with Crippen LogP contribution < -0.4 is 64.4 Å². The number of amides is 11. The molecule has 0 saturated carbocycles. The van der Waals surface area contributed by atoms with Crippen molar-refractivity contribution in [1.29, 1.82) is 0 Å². The summed E-state index contributed by atoms with van der Waals surface area (Å²) in [6.45, 7) is -0.551. The van der Waals surface area contributed by atoms with E-state index in [1.807, 2.05) is 22.9 Å². The summed E-state index contributed by atoms with van der Waals surface area (Å²) >= 11 is 0. The lowest BCUT2D eigenvalue weighted by Gasteiger charge is -2.29. The summed E-state index contributed by atoms with van der Waals surface area (Å²) in [7, 11) is 0. The minimum Gasteiger partial charge on any atom is -0.508 e. The second-order valence-corrected chi connectivity index (χ2v) is 24.4. The van der Waals surface area contributed by atoms with Crippen LogP contribution in [-0.2, 0) is 97.4 Å². The molecule has 2 aromatic heterocycles. The standard InChI is InChI=1S/C66H78N14O26/c1-3-8-46-55(106-46)65(102)77-44(27-81)61(98)79-52-29(2)105-66(103)43(20-32-25-69-37-12-7-5-10-35(32)37)76-57(94)38(17-18-48(85)86)71-64(101)54(45(83)28-104-67)78-47(84)26-70-56(93)40(21-49(87)88)75-63(100)53(30-13-15-33(82)16-14-30)80-60(97)42(23-51(91)92)73-59(96)41(22-50(89)90)72-58(95)39(74-62(52)99)19-31-24-68-36-11-6-4-9-34(31)36/h4-7,9-16,20,24-25,29,38-42,44-46,52-55,68-69,81-83H,3,8,17-19,21-23,26-28,67H2,1-2H3,(H,70,93)(H,71,101)(H,72,95)(H,73,96)(H,74,99)(H,75,100)(H,76,94)(H,77,102)(H,78,84)(H,79,98)(H,80,97)(H,85,86)(H,87,88)(H,89,90)(H,91,92). The van der Waals surface area contributed by atoms with Crippen molar-refractivity contribution in [3.05, 3.63) is 108 Å². The molecule has 13 unspecified atom stereocenters. The molecule has 2 saturated heterocycles. The van der Waals surface area contributed by atoms with Gasteiger partial charge in [0, 0.05) is 52.6 Å². The summed E-state index contributed by atoms with van der Waals surface area (Å²) in [5, 5.41) is 96.6. The Morgan fingerprint density at radius 1 is 0.642 bits per heavy atom. The number of aromatic nitrogens is 2. The molecule has 2 aliphatic rings. The number of phenolic OH excluding ortho intramolecular Hbond substituents is 1. The third-order valence-corrected chi connectivity index (χ3v) is 16.5. The van der Waals surface area contributed by atoms with Gasteiger partial charge in [0.2, 0.25) is 59.1 Å². The molecule has 106 heavy (non-hydrogen) atoms. The highest BCUT2D eigenvalue weighted by Crippen LogP contribution is 2.27. The number of phenols is 1. The lowest BCUT2D eigenvalue weighted by Crippen LogP contribution is -2.62. The number of carboxylic acids is 4. The van der Waals surface area contributed by atoms with E-state index in [0.29, 0.717) is 34.6 Å². The smallest absolute Gasteiger partial charge is 0.355 e. The van der Waals surface area contributed by atoms with Gasteiger partial charge in [-0.2, -0.15) is 0 Å². The molecular formula is C66H78N14O26. The maximum absolute atomic E-state index is 15.3. The van der Waals surface area contributed by atoms with Crippen LogP contribution in [0.4, 0.5) is 0 Å². The van der Waals surface area contributed by atoms with Crippen molar-refractivity contribution in [2.24, 2.45) is 5.90 Å². The zero-order chi connectivity index (χ0) is 77.6. The number of nitrogens with one attached hydrogen (secondary N) is 13. The third-order valence-electron chi connectivity index (χ3n) is 16.5. The number of fused-ring (bicyclic) bond motifs is 2. The molecule has 7 rings (SSSR count). The van der Waals surface area contributed by atoms with Crippen molar-refractivity contribution in [2.75, 3.05) is 19.8 Å². The van der Waals surface area contributed by atoms with E-state index in [-0.39, 0.29) is 16.7 Å². The van der Waals surface area contributed by atoms with Crippen LogP contribution in [0, 0.1) is 0 Å². The van der Waals surface area contributed by atoms with Crippen LogP contribution in [0.15, 0.2) is 90.9 Å². The van der Waals surface area contributed by atoms with Gasteiger partial charge in [0.1, 0.15) is 78.0 Å². The quantitative estimate of drug-likeness (QED) is 0.0126. The highest BCUT2D eigenvalue weighted by molar-refractivity contribution is 6.05. The second kappa shape index (κ2) is 37.7. The van der Waals surface area contributed by atoms with E-state index in [1.165, 1.54) is 12.4 Å². The van der Waals surface area contributed by atoms with Crippen molar-refractivity contribution >= 4 is 123 Å². The average molecular weight is 1480 g/mol. The van der Waals surface area contributed by atoms with Crippen molar-refractivity contribution < 1.29 is 127 Å². The summed E-state index contributed by atoms with van der Waals surface area (Å²) in [6.07, 6.45) is -7.46. The molecule has 2 fully saturated rings. The van der Waals surface area contributed by atoms with E-state index < -0.39 is 243 Å². The monoisotopic (exact) mass is 1480 g/mol. The zero-order valence-electron chi connectivity index (χ0n) is 56.4. The molecule has 40 heteroatoms. The van der Waals surface area contributed by atoms with Crippen LogP contribution in [0.5, 0.6) is 5.75 Å². The van der Waals surface area contributed by atoms with Crippen molar-refractivity contribution in [3.63, 3.8) is 0 Å². The molecule has 0 radical (unpaired) electrons. The molecule has 568 valence electrons. The largest absolute Gasteiger partial charge is 0.508 e. The normalized spacial score (nSPS) is 23.9. The zero-order valence-corrected chi connectivity index (χ0v) is 56.4. The highest BCUT2D eigenvalue weighted by Gasteiger charge is 2.46. The Hall–Kier alpha value is -12.4. The minimum absolute atomic E-state index is 0.121. The molecule has 40 nitrogen and oxygen atoms in total. The van der Waals surface area contributed by atoms with E-state index in [2.05, 4.69) is 57.3 Å². The van der Waals surface area contributed by atoms with Crippen LogP contribution in [0.2, 0.25) is 0 Å². The predicted octanol–water partition coefficient (Wildman–Crippen LogP) is -5.05. The number of H-pyrrole nitrogens is 2. The number of aromatic hydroxyl groups is 1. The number of aliphatic hydroxyl groups excluding tert-OH is 2. The molecule has 0 bridgehead atoms. The summed E-state index contributed by atoms with van der Waals surface area (Å²) in [4.78, 5) is 233. The maximum atomic E-state index is 15.3. The fourth-order valence-corrected chi connectivity index (χ4v) is 11.0. The Labute approximate surface area is 599 Å². The van der Waals surface area contributed by atoms with Gasteiger partial charge in [-0.05, 0) is 61.2 Å². The van der Waals surface area contributed by atoms with E-state index in [4.69, 9.17) is 15.4 Å². The Bertz CT molecular complexity index is 4180. The number of aliphatic carboxylic acids is 4. The number of nitrogens with two attached hydrogens (primary N) is 1. The lowest BCUT2D eigenvalue weighted by atomic mass is 10.0. The summed E-state index contributed by atoms with van der Waals surface area (Å²) in [5.41, 5.74) is 0.102. The summed E-state index contributed by atoms with van der Waals surface area (Å²) in [6, 6.07) is -2.76. The Kier molecular flexibility index (Phi) is 28.8. The Morgan fingerprint density at radius 3 is 1.80 bits per heavy atom. The fourth-order valence-electron chi connectivity index (χ4n) is 11.0. The topological polar surface area (TPSA) is 636 Å². The van der Waals surface area contributed by atoms with Gasteiger partial charge in [0.05, 0.1) is 45.1 Å². The van der Waals surface area contributed by atoms with E-state index in [9.17, 15) is 103 Å². The van der Waals surface area contributed by atoms with Gasteiger partial charge < -0.3 is 119 Å². The van der Waals surface area contributed by atoms with Gasteiger partial charge in [-0.25, -0.2) is 10.7 Å². The van der Waals surface area contributed by atoms with Crippen molar-refractivity contribution in [1.82, 2.24) is 68.5 Å². The van der Waals surface area contributed by atoms with Gasteiger partial charge >= 0.3 is 29.8 Å². The van der Waals surface area contributed by atoms with Crippen LogP contribution in [-0.4, -0.2) is 233 Å². The number of epoxide rings is 1. The Morgan fingerprint density at radius 2 is 1.20 bits per heavy atom. The first kappa shape index (κ1) is 80.9. The number of ether oxygens (including phenoxy) is 2. The van der Waals surface area contributed by atoms with Crippen LogP contribution in [0.3, 0.4) is 0 Å². The number of benzene rings is 3. The van der Waals surface area contributed by atoms with Crippen molar-refractivity contribution in [2.45, 2.75) is 144 Å². The van der Waals surface area contributed by atoms with E-state index in [0.717, 1.165) is 37.3 Å². The molecular weight excluding hydrogens is 1400 g/mol. The van der Waals surface area contributed by atoms with Gasteiger partial charge in [-0.15, -0.1) is 0 Å². The first-order valence-electron chi connectivity index (χ1n) is 32.7. The second-order valence-electron chi connectivity index (χ2n) is 24.4. The maximum Gasteiger partial charge on any atom is 0.355 e. The molecule has 0 spiro atoms. The SMILES string of the molecule is CCCC1OC1C(=O)NC(CO)C(=O)NC1C(=O)NC(Cc2c[nH]c3ccccc23)C(=O)NC(CC(=O)O)C(=O)NC(CC(=O)O)C(=O)NC(c2ccc(O)cc2)C(=O)NC(CC(=O)O)C(=O)NCC(=O)NC(C(O)CON)C(=O)NC(CCC(=O)O)C(=O)NC(=Cc2c[nH]c3ccccc23)C(=O)OC1C. The van der Waals surface area contributed by atoms with Crippen LogP contribution in [0.25, 0.3) is 27.9 Å². The van der Waals surface area contributed by atoms with Gasteiger partial charge in [-0.3, -0.25) is 71.9 Å². The number of hydrogen-bond donors (Lipinski definition) is 21. The number of cyclic esters (lactones) is 1. The molecule has 11 amide bonds. The minimum atomic E-state index is -2.34. The van der Waals surface area contributed by atoms with Gasteiger partial charge in [0.25, 0.3) is 5.91 Å². The number of carboxylic acid groups (broad SMARTS) is 4. The molecule has 22 N–H and O–H groups in total. The summed E-state index contributed by atoms with van der Waals surface area (Å²) < 4.78 is 11.3. The number of aliphatic hydroxyl groups is 2. The number of para-hydroxylation sites is 2. The molecule has 4 heterocycles. The molecule has 5 aromatic rings. The lowest BCUT2D eigenvalue weighted by molar-refractivity contribution is -0.150. The highest BCUT2D eigenvalue weighted by atomic mass is 16.6. The van der Waals surface area contributed by atoms with Gasteiger partial charge in [0.15, 0.2) is 6.10 Å². The van der Waals surface area contributed by atoms with Gasteiger partial charge in [-0.1, -0.05) is 61.9 Å².